The maximum atomic E-state index is 13.5. The fourth-order valence-corrected chi connectivity index (χ4v) is 9.16. The lowest BCUT2D eigenvalue weighted by atomic mass is 9.46. The number of rotatable bonds is 6. The highest BCUT2D eigenvalue weighted by Gasteiger charge is 2.68. The summed E-state index contributed by atoms with van der Waals surface area (Å²) in [6.07, 6.45) is 7.47. The number of benzene rings is 1. The van der Waals surface area contributed by atoms with E-state index in [0.29, 0.717) is 19.3 Å². The van der Waals surface area contributed by atoms with Crippen LogP contribution in [0.15, 0.2) is 48.1 Å². The Morgan fingerprint density at radius 2 is 1.79 bits per heavy atom. The molecule has 4 aliphatic carbocycles. The molecule has 1 aromatic carbocycles. The molecule has 1 saturated heterocycles. The van der Waals surface area contributed by atoms with Crippen LogP contribution < -0.4 is 4.90 Å². The number of nitrogens with zero attached hydrogens (tertiary/aromatic N) is 2. The largest absolute Gasteiger partial charge is 0.457 e. The highest BCUT2D eigenvalue weighted by atomic mass is 16.5. The van der Waals surface area contributed by atoms with E-state index in [1.54, 1.807) is 12.2 Å². The number of fused-ring (bicyclic) bond motifs is 5. The smallest absolute Gasteiger partial charge is 0.310 e. The van der Waals surface area contributed by atoms with E-state index in [-0.39, 0.29) is 30.0 Å². The molecule has 8 nitrogen and oxygen atoms in total. The Bertz CT molecular complexity index is 1310. The maximum absolute atomic E-state index is 13.5. The second-order valence-electron chi connectivity index (χ2n) is 13.8. The van der Waals surface area contributed by atoms with Crippen LogP contribution in [-0.4, -0.2) is 84.2 Å². The van der Waals surface area contributed by atoms with E-state index >= 15 is 0 Å². The van der Waals surface area contributed by atoms with Crippen molar-refractivity contribution in [1.29, 1.82) is 0 Å². The Morgan fingerprint density at radius 3 is 2.50 bits per heavy atom. The normalized spacial score (nSPS) is 37.9. The molecule has 0 radical (unpaired) electrons. The van der Waals surface area contributed by atoms with Gasteiger partial charge >= 0.3 is 5.97 Å². The molecule has 1 aromatic rings. The molecular formula is C34H44N2O6. The van der Waals surface area contributed by atoms with Crippen LogP contribution in [0.25, 0.3) is 0 Å². The Hall–Kier alpha value is -2.81. The van der Waals surface area contributed by atoms with E-state index in [4.69, 9.17) is 4.74 Å². The number of carbonyl (C=O) groups excluding carboxylic acids is 3. The van der Waals surface area contributed by atoms with Crippen LogP contribution >= 0.6 is 0 Å². The van der Waals surface area contributed by atoms with Crippen molar-refractivity contribution in [2.24, 2.45) is 28.6 Å². The summed E-state index contributed by atoms with van der Waals surface area (Å²) in [5, 5.41) is 23.4. The zero-order chi connectivity index (χ0) is 29.9. The van der Waals surface area contributed by atoms with E-state index in [0.717, 1.165) is 55.8 Å². The zero-order valence-corrected chi connectivity index (χ0v) is 25.1. The number of Topliss-reactive ketones (excluding diaryl/α,β-unsaturated/α-hetero) is 1. The summed E-state index contributed by atoms with van der Waals surface area (Å²) in [5.74, 6) is -0.883. The Kier molecular flexibility index (Phi) is 7.47. The van der Waals surface area contributed by atoms with Crippen molar-refractivity contribution in [3.63, 3.8) is 0 Å². The second-order valence-corrected chi connectivity index (χ2v) is 13.8. The number of carbonyl (C=O) groups is 3. The first-order chi connectivity index (χ1) is 19.9. The van der Waals surface area contributed by atoms with Gasteiger partial charge in [-0.2, -0.15) is 0 Å². The lowest BCUT2D eigenvalue weighted by Crippen LogP contribution is -2.61. The molecular weight excluding hydrogens is 532 g/mol. The average molecular weight is 577 g/mol. The van der Waals surface area contributed by atoms with Gasteiger partial charge in [0.05, 0.1) is 12.5 Å². The molecule has 1 heterocycles. The number of aliphatic hydroxyl groups is 2. The van der Waals surface area contributed by atoms with E-state index in [1.807, 2.05) is 37.3 Å². The molecule has 0 aromatic heterocycles. The minimum absolute atomic E-state index is 0.00545. The fourth-order valence-electron chi connectivity index (χ4n) is 9.16. The van der Waals surface area contributed by atoms with Crippen molar-refractivity contribution in [1.82, 2.24) is 4.90 Å². The van der Waals surface area contributed by atoms with Crippen molar-refractivity contribution in [3.8, 4) is 0 Å². The summed E-state index contributed by atoms with van der Waals surface area (Å²) in [4.78, 5) is 42.9. The van der Waals surface area contributed by atoms with Gasteiger partial charge in [-0.3, -0.25) is 14.4 Å². The van der Waals surface area contributed by atoms with Gasteiger partial charge in [0.2, 0.25) is 5.78 Å². The fraction of sp³-hybridized carbons (Fsp3) is 0.618. The topological polar surface area (TPSA) is 107 Å². The van der Waals surface area contributed by atoms with E-state index in [1.165, 1.54) is 0 Å². The zero-order valence-electron chi connectivity index (χ0n) is 25.1. The molecule has 3 saturated carbocycles. The number of ketones is 2. The standard InChI is InChI=1S/C34H44N2O6/c1-32-12-10-25(37)19-23(32)6-9-26-27-11-13-34(41,33(27,2)20-28(38)31(26)32)29(39)21-42-30(40)18-22-4-7-24(8-5-22)36-16-14-35(3)15-17-36/h4-5,7-8,10,12,19,26-28,31,38,41H,6,9,11,13-18,20-21H2,1-3H3/t26?,27?,28?,31?,32?,33?,34-/m0/s1. The van der Waals surface area contributed by atoms with Crippen molar-refractivity contribution in [3.05, 3.63) is 53.6 Å². The van der Waals surface area contributed by atoms with Crippen LogP contribution in [0.5, 0.6) is 0 Å². The third-order valence-electron chi connectivity index (χ3n) is 11.6. The molecule has 6 rings (SSSR count). The molecule has 4 fully saturated rings. The predicted octanol–water partition coefficient (Wildman–Crippen LogP) is 3.10. The summed E-state index contributed by atoms with van der Waals surface area (Å²) in [7, 11) is 2.12. The Labute approximate surface area is 248 Å². The van der Waals surface area contributed by atoms with Gasteiger partial charge < -0.3 is 24.7 Å². The number of allylic oxidation sites excluding steroid dienone is 4. The van der Waals surface area contributed by atoms with Crippen LogP contribution in [0.2, 0.25) is 0 Å². The number of hydrogen-bond acceptors (Lipinski definition) is 8. The molecule has 6 unspecified atom stereocenters. The number of esters is 1. The molecule has 1 aliphatic heterocycles. The predicted molar refractivity (Wildman–Crippen MR) is 159 cm³/mol. The molecule has 8 heteroatoms. The van der Waals surface area contributed by atoms with Gasteiger partial charge in [0.15, 0.2) is 12.4 Å². The maximum Gasteiger partial charge on any atom is 0.310 e. The molecule has 5 aliphatic rings. The highest BCUT2D eigenvalue weighted by Crippen LogP contribution is 2.67. The molecule has 42 heavy (non-hydrogen) atoms. The van der Waals surface area contributed by atoms with Crippen molar-refractivity contribution in [2.75, 3.05) is 44.7 Å². The third-order valence-corrected chi connectivity index (χ3v) is 11.6. The van der Waals surface area contributed by atoms with E-state index in [9.17, 15) is 24.6 Å². The van der Waals surface area contributed by atoms with Gasteiger partial charge in [0.1, 0.15) is 5.60 Å². The Balaban J connectivity index is 1.09. The quantitative estimate of drug-likeness (QED) is 0.498. The molecule has 2 N–H and O–H groups in total. The van der Waals surface area contributed by atoms with Gasteiger partial charge in [0, 0.05) is 48.6 Å². The Morgan fingerprint density at radius 1 is 1.07 bits per heavy atom. The van der Waals surface area contributed by atoms with Gasteiger partial charge in [-0.05, 0) is 80.8 Å². The van der Waals surface area contributed by atoms with Crippen molar-refractivity contribution in [2.45, 2.75) is 64.1 Å². The lowest BCUT2D eigenvalue weighted by Gasteiger charge is -2.59. The number of piperazine rings is 1. The van der Waals surface area contributed by atoms with E-state index < -0.39 is 40.9 Å². The monoisotopic (exact) mass is 576 g/mol. The number of aliphatic hydroxyl groups excluding tert-OH is 1. The SMILES string of the molecule is CN1CCN(c2ccc(CC(=O)OCC(=O)[C@@]3(O)CCC4C5CCC6=CC(=O)C=CC6(C)C5C(O)CC43C)cc2)CC1. The minimum atomic E-state index is -1.66. The van der Waals surface area contributed by atoms with Crippen LogP contribution in [0.1, 0.15) is 51.5 Å². The molecule has 7 atom stereocenters. The summed E-state index contributed by atoms with van der Waals surface area (Å²) in [5.41, 5.74) is 0.136. The van der Waals surface area contributed by atoms with Gasteiger partial charge in [-0.1, -0.05) is 37.6 Å². The van der Waals surface area contributed by atoms with E-state index in [2.05, 4.69) is 23.8 Å². The number of likely N-dealkylation sites (N-methyl/N-ethyl adjacent to an activating group) is 1. The molecule has 0 bridgehead atoms. The van der Waals surface area contributed by atoms with Crippen molar-refractivity contribution < 1.29 is 29.3 Å². The first-order valence-corrected chi connectivity index (χ1v) is 15.5. The number of anilines is 1. The average Bonchev–Trinajstić information content (AvgIpc) is 3.23. The van der Waals surface area contributed by atoms with Crippen LogP contribution in [-0.2, 0) is 25.5 Å². The first kappa shape index (κ1) is 29.3. The van der Waals surface area contributed by atoms with Gasteiger partial charge in [-0.15, -0.1) is 0 Å². The summed E-state index contributed by atoms with van der Waals surface area (Å²) in [6.45, 7) is 7.54. The minimum Gasteiger partial charge on any atom is -0.457 e. The second kappa shape index (κ2) is 10.7. The molecule has 0 spiro atoms. The third kappa shape index (κ3) is 4.76. The van der Waals surface area contributed by atoms with Crippen LogP contribution in [0, 0.1) is 28.6 Å². The number of hydrogen-bond donors (Lipinski definition) is 2. The summed E-state index contributed by atoms with van der Waals surface area (Å²) in [6, 6.07) is 7.90. The summed E-state index contributed by atoms with van der Waals surface area (Å²) < 4.78 is 5.42. The summed E-state index contributed by atoms with van der Waals surface area (Å²) >= 11 is 0. The highest BCUT2D eigenvalue weighted by molar-refractivity contribution is 6.01. The lowest BCUT2D eigenvalue weighted by molar-refractivity contribution is -0.181. The number of ether oxygens (including phenoxy) is 1. The van der Waals surface area contributed by atoms with Gasteiger partial charge in [0.25, 0.3) is 0 Å². The molecule has 0 amide bonds. The van der Waals surface area contributed by atoms with Crippen LogP contribution in [0.3, 0.4) is 0 Å². The molecule has 226 valence electrons. The van der Waals surface area contributed by atoms with Gasteiger partial charge in [-0.25, -0.2) is 0 Å². The van der Waals surface area contributed by atoms with Crippen molar-refractivity contribution >= 4 is 23.2 Å². The van der Waals surface area contributed by atoms with Crippen LogP contribution in [0.4, 0.5) is 5.69 Å². The first-order valence-electron chi connectivity index (χ1n) is 15.5.